The molecule has 0 bridgehead atoms. The van der Waals surface area contributed by atoms with Gasteiger partial charge in [-0.1, -0.05) is 17.8 Å². The summed E-state index contributed by atoms with van der Waals surface area (Å²) in [5.41, 5.74) is 0.628. The van der Waals surface area contributed by atoms with E-state index in [1.54, 1.807) is 19.1 Å². The van der Waals surface area contributed by atoms with Crippen molar-refractivity contribution in [2.24, 2.45) is 11.8 Å². The second kappa shape index (κ2) is 7.61. The maximum atomic E-state index is 12.5. The van der Waals surface area contributed by atoms with Crippen molar-refractivity contribution in [3.8, 4) is 0 Å². The number of fused-ring (bicyclic) bond motifs is 1. The predicted molar refractivity (Wildman–Crippen MR) is 93.7 cm³/mol. The number of ether oxygens (including phenoxy) is 1. The molecule has 1 N–H and O–H groups in total. The fourth-order valence-corrected chi connectivity index (χ4v) is 4.03. The Morgan fingerprint density at radius 2 is 2.08 bits per heavy atom. The SMILES string of the molecule is COCCN(C)C(=O)C1CC(=O)c2sc(NC(=O)C3CCC3)nc2C1. The van der Waals surface area contributed by atoms with Crippen molar-refractivity contribution in [2.45, 2.75) is 32.1 Å². The van der Waals surface area contributed by atoms with Gasteiger partial charge in [0.2, 0.25) is 11.8 Å². The Bertz CT molecular complexity index is 683. The standard InChI is InChI=1S/C17H23N3O4S/c1-20(6-7-24-2)16(23)11-8-12-14(13(21)9-11)25-17(18-12)19-15(22)10-4-3-5-10/h10-11H,3-9H2,1-2H3,(H,18,19,22). The number of carbonyl (C=O) groups is 3. The zero-order chi connectivity index (χ0) is 18.0. The van der Waals surface area contributed by atoms with E-state index in [1.807, 2.05) is 0 Å². The number of thiazole rings is 1. The van der Waals surface area contributed by atoms with Crippen molar-refractivity contribution in [1.29, 1.82) is 0 Å². The number of likely N-dealkylation sites (N-methyl/N-ethyl adjacent to an activating group) is 1. The Labute approximate surface area is 150 Å². The van der Waals surface area contributed by atoms with Gasteiger partial charge in [-0.05, 0) is 12.8 Å². The first-order valence-corrected chi connectivity index (χ1v) is 9.39. The summed E-state index contributed by atoms with van der Waals surface area (Å²) in [4.78, 5) is 43.5. The van der Waals surface area contributed by atoms with Gasteiger partial charge in [0.25, 0.3) is 0 Å². The Morgan fingerprint density at radius 1 is 1.32 bits per heavy atom. The van der Waals surface area contributed by atoms with Crippen LogP contribution in [0.5, 0.6) is 0 Å². The monoisotopic (exact) mass is 365 g/mol. The highest BCUT2D eigenvalue weighted by atomic mass is 32.1. The molecule has 2 amide bonds. The van der Waals surface area contributed by atoms with Gasteiger partial charge in [-0.3, -0.25) is 14.4 Å². The maximum Gasteiger partial charge on any atom is 0.229 e. The van der Waals surface area contributed by atoms with E-state index in [9.17, 15) is 14.4 Å². The van der Waals surface area contributed by atoms with Gasteiger partial charge >= 0.3 is 0 Å². The Balaban J connectivity index is 1.66. The first kappa shape index (κ1) is 18.0. The first-order chi connectivity index (χ1) is 12.0. The predicted octanol–water partition coefficient (Wildman–Crippen LogP) is 1.73. The molecule has 25 heavy (non-hydrogen) atoms. The summed E-state index contributed by atoms with van der Waals surface area (Å²) in [7, 11) is 3.30. The summed E-state index contributed by atoms with van der Waals surface area (Å²) in [6.45, 7) is 0.953. The van der Waals surface area contributed by atoms with E-state index in [4.69, 9.17) is 4.74 Å². The van der Waals surface area contributed by atoms with Crippen molar-refractivity contribution in [2.75, 3.05) is 32.6 Å². The van der Waals surface area contributed by atoms with E-state index in [2.05, 4.69) is 10.3 Å². The van der Waals surface area contributed by atoms with Gasteiger partial charge in [0.1, 0.15) is 0 Å². The van der Waals surface area contributed by atoms with Crippen LogP contribution in [0.2, 0.25) is 0 Å². The third-order valence-electron chi connectivity index (χ3n) is 4.88. The van der Waals surface area contributed by atoms with Crippen LogP contribution in [0, 0.1) is 11.8 Å². The fraction of sp³-hybridized carbons (Fsp3) is 0.647. The largest absolute Gasteiger partial charge is 0.383 e. The summed E-state index contributed by atoms with van der Waals surface area (Å²) >= 11 is 1.22. The molecule has 2 aliphatic rings. The number of aromatic nitrogens is 1. The second-order valence-corrected chi connectivity index (χ2v) is 7.69. The molecule has 1 atom stereocenters. The van der Waals surface area contributed by atoms with Crippen LogP contribution >= 0.6 is 11.3 Å². The van der Waals surface area contributed by atoms with Crippen LogP contribution in [0.1, 0.15) is 41.0 Å². The minimum atomic E-state index is -0.390. The van der Waals surface area contributed by atoms with E-state index in [1.165, 1.54) is 11.3 Å². The van der Waals surface area contributed by atoms with Crippen LogP contribution in [0.4, 0.5) is 5.13 Å². The second-order valence-electron chi connectivity index (χ2n) is 6.69. The molecule has 0 radical (unpaired) electrons. The summed E-state index contributed by atoms with van der Waals surface area (Å²) in [5, 5.41) is 3.29. The number of nitrogens with one attached hydrogen (secondary N) is 1. The molecule has 1 unspecified atom stereocenters. The average molecular weight is 365 g/mol. The number of hydrogen-bond acceptors (Lipinski definition) is 6. The van der Waals surface area contributed by atoms with Gasteiger partial charge in [-0.15, -0.1) is 0 Å². The molecule has 1 saturated carbocycles. The topological polar surface area (TPSA) is 88.6 Å². The molecule has 1 aromatic rings. The Hall–Kier alpha value is -1.80. The number of Topliss-reactive ketones (excluding diaryl/α,β-unsaturated/α-hetero) is 1. The minimum Gasteiger partial charge on any atom is -0.383 e. The molecular weight excluding hydrogens is 342 g/mol. The molecule has 0 aromatic carbocycles. The molecule has 0 spiro atoms. The molecular formula is C17H23N3O4S. The molecule has 0 aliphatic heterocycles. The van der Waals surface area contributed by atoms with E-state index in [0.717, 1.165) is 19.3 Å². The highest BCUT2D eigenvalue weighted by Gasteiger charge is 2.35. The molecule has 1 aromatic heterocycles. The lowest BCUT2D eigenvalue weighted by atomic mass is 9.85. The Morgan fingerprint density at radius 3 is 2.72 bits per heavy atom. The average Bonchev–Trinajstić information content (AvgIpc) is 2.92. The number of methoxy groups -OCH3 is 1. The molecule has 1 heterocycles. The molecule has 2 aliphatic carbocycles. The third-order valence-corrected chi connectivity index (χ3v) is 5.94. The van der Waals surface area contributed by atoms with Crippen molar-refractivity contribution in [1.82, 2.24) is 9.88 Å². The van der Waals surface area contributed by atoms with E-state index >= 15 is 0 Å². The lowest BCUT2D eigenvalue weighted by molar-refractivity contribution is -0.134. The van der Waals surface area contributed by atoms with E-state index in [0.29, 0.717) is 35.3 Å². The number of amides is 2. The lowest BCUT2D eigenvalue weighted by Gasteiger charge is -2.25. The van der Waals surface area contributed by atoms with Crippen molar-refractivity contribution >= 4 is 34.1 Å². The van der Waals surface area contributed by atoms with Gasteiger partial charge < -0.3 is 15.0 Å². The zero-order valence-corrected chi connectivity index (χ0v) is 15.4. The normalized spacial score (nSPS) is 19.9. The van der Waals surface area contributed by atoms with Crippen LogP contribution in [-0.4, -0.2) is 54.8 Å². The number of carbonyl (C=O) groups excluding carboxylic acids is 3. The molecule has 0 saturated heterocycles. The third kappa shape index (κ3) is 3.90. The van der Waals surface area contributed by atoms with Crippen LogP contribution in [0.25, 0.3) is 0 Å². The molecule has 7 nitrogen and oxygen atoms in total. The highest BCUT2D eigenvalue weighted by Crippen LogP contribution is 2.34. The van der Waals surface area contributed by atoms with Crippen molar-refractivity contribution in [3.05, 3.63) is 10.6 Å². The highest BCUT2D eigenvalue weighted by molar-refractivity contribution is 7.17. The van der Waals surface area contributed by atoms with E-state index < -0.39 is 0 Å². The number of hydrogen-bond donors (Lipinski definition) is 1. The van der Waals surface area contributed by atoms with Gasteiger partial charge in [0.15, 0.2) is 10.9 Å². The van der Waals surface area contributed by atoms with E-state index in [-0.39, 0.29) is 35.9 Å². The summed E-state index contributed by atoms with van der Waals surface area (Å²) in [5.74, 6) is -0.471. The minimum absolute atomic E-state index is 0.0169. The molecule has 1 fully saturated rings. The fourth-order valence-electron chi connectivity index (χ4n) is 3.09. The van der Waals surface area contributed by atoms with Gasteiger partial charge in [0, 0.05) is 39.5 Å². The van der Waals surface area contributed by atoms with Gasteiger partial charge in [-0.25, -0.2) is 4.98 Å². The van der Waals surface area contributed by atoms with Crippen LogP contribution < -0.4 is 5.32 Å². The number of anilines is 1. The maximum absolute atomic E-state index is 12.5. The molecule has 3 rings (SSSR count). The summed E-state index contributed by atoms with van der Waals surface area (Å²) < 4.78 is 4.99. The zero-order valence-electron chi connectivity index (χ0n) is 14.5. The van der Waals surface area contributed by atoms with Gasteiger partial charge in [0.05, 0.1) is 23.1 Å². The number of rotatable bonds is 6. The quantitative estimate of drug-likeness (QED) is 0.829. The number of ketones is 1. The van der Waals surface area contributed by atoms with Crippen molar-refractivity contribution < 1.29 is 19.1 Å². The molecule has 8 heteroatoms. The van der Waals surface area contributed by atoms with Crippen LogP contribution in [0.3, 0.4) is 0 Å². The van der Waals surface area contributed by atoms with Crippen LogP contribution in [0.15, 0.2) is 0 Å². The first-order valence-electron chi connectivity index (χ1n) is 8.57. The Kier molecular flexibility index (Phi) is 5.48. The van der Waals surface area contributed by atoms with Crippen molar-refractivity contribution in [3.63, 3.8) is 0 Å². The lowest BCUT2D eigenvalue weighted by Crippen LogP contribution is -2.38. The summed E-state index contributed by atoms with van der Waals surface area (Å²) in [6, 6.07) is 0. The number of nitrogens with zero attached hydrogens (tertiary/aromatic N) is 2. The smallest absolute Gasteiger partial charge is 0.229 e. The molecule has 136 valence electrons. The van der Waals surface area contributed by atoms with Gasteiger partial charge in [-0.2, -0.15) is 0 Å². The van der Waals surface area contributed by atoms with Crippen LogP contribution in [-0.2, 0) is 20.7 Å². The summed E-state index contributed by atoms with van der Waals surface area (Å²) in [6.07, 6.45) is 3.56.